The molecule has 0 aliphatic rings. The lowest BCUT2D eigenvalue weighted by Gasteiger charge is -1.84. The first-order valence-electron chi connectivity index (χ1n) is 3.06. The van der Waals surface area contributed by atoms with Crippen molar-refractivity contribution < 1.29 is 0 Å². The van der Waals surface area contributed by atoms with Crippen LogP contribution in [0.4, 0.5) is 0 Å². The second-order valence-corrected chi connectivity index (χ2v) is 3.14. The summed E-state index contributed by atoms with van der Waals surface area (Å²) in [6.07, 6.45) is 3.82. The average Bonchev–Trinajstić information content (AvgIpc) is 1.89. The summed E-state index contributed by atoms with van der Waals surface area (Å²) in [5.74, 6) is 0. The molecule has 0 saturated carbocycles. The van der Waals surface area contributed by atoms with Crippen LogP contribution in [0.3, 0.4) is 0 Å². The van der Waals surface area contributed by atoms with E-state index in [4.69, 9.17) is 0 Å². The molecular weight excluding hydrogens is 245 g/mol. The number of halogens is 1. The molecule has 0 radical (unpaired) electrons. The predicted octanol–water partition coefficient (Wildman–Crippen LogP) is 2.82. The minimum Gasteiger partial charge on any atom is -0.217 e. The molecule has 0 unspecified atom stereocenters. The highest BCUT2D eigenvalue weighted by molar-refractivity contribution is 14.1. The summed E-state index contributed by atoms with van der Waals surface area (Å²) in [5.41, 5.74) is 1.90. The first-order valence-corrected chi connectivity index (χ1v) is 5.06. The van der Waals surface area contributed by atoms with Gasteiger partial charge in [0.15, 0.2) is 0 Å². The van der Waals surface area contributed by atoms with Gasteiger partial charge in [-0.2, -0.15) is 11.4 Å². The molecule has 9 heavy (non-hydrogen) atoms. The van der Waals surface area contributed by atoms with Crippen molar-refractivity contribution in [2.45, 2.75) is 26.2 Å². The normalized spacial score (nSPS) is 12.7. The third-order valence-electron chi connectivity index (χ3n) is 0.902. The number of hydrogen-bond donors (Lipinski definition) is 1. The Morgan fingerprint density at radius 3 is 3.00 bits per heavy atom. The largest absolute Gasteiger partial charge is 0.217 e. The summed E-state index contributed by atoms with van der Waals surface area (Å²) in [7, 11) is 0. The van der Waals surface area contributed by atoms with Gasteiger partial charge in [-0.25, -0.2) is 3.21 Å². The molecule has 0 aromatic carbocycles. The van der Waals surface area contributed by atoms with Crippen LogP contribution in [0.15, 0.2) is 3.21 Å². The SMILES string of the molecule is CCCC/C=[SH]/C=N/I. The molecular formula is C6H12INS. The zero-order valence-electron chi connectivity index (χ0n) is 5.55. The topological polar surface area (TPSA) is 12.4 Å². The fourth-order valence-electron chi connectivity index (χ4n) is 0.442. The Labute approximate surface area is 74.4 Å². The first-order chi connectivity index (χ1) is 4.41. The van der Waals surface area contributed by atoms with E-state index in [-0.39, 0.29) is 0 Å². The van der Waals surface area contributed by atoms with Gasteiger partial charge in [-0.15, -0.1) is 0 Å². The monoisotopic (exact) mass is 257 g/mol. The van der Waals surface area contributed by atoms with Gasteiger partial charge in [-0.05, 0) is 12.8 Å². The second-order valence-electron chi connectivity index (χ2n) is 1.69. The van der Waals surface area contributed by atoms with E-state index in [0.29, 0.717) is 0 Å². The third kappa shape index (κ3) is 8.62. The zero-order valence-corrected chi connectivity index (χ0v) is 8.60. The molecule has 0 aromatic rings. The van der Waals surface area contributed by atoms with Crippen molar-refractivity contribution in [3.63, 3.8) is 0 Å². The van der Waals surface area contributed by atoms with Gasteiger partial charge in [0.05, 0.1) is 28.4 Å². The molecule has 54 valence electrons. The lowest BCUT2D eigenvalue weighted by atomic mass is 10.3. The van der Waals surface area contributed by atoms with E-state index in [1.165, 1.54) is 30.6 Å². The van der Waals surface area contributed by atoms with E-state index in [1.807, 2.05) is 28.4 Å². The Morgan fingerprint density at radius 1 is 1.67 bits per heavy atom. The summed E-state index contributed by atoms with van der Waals surface area (Å²) < 4.78 is 3.83. The molecule has 0 aromatic heterocycles. The Hall–Kier alpha value is 0.620. The van der Waals surface area contributed by atoms with E-state index in [2.05, 4.69) is 15.5 Å². The molecule has 0 amide bonds. The molecule has 0 heterocycles. The molecule has 0 fully saturated rings. The lowest BCUT2D eigenvalue weighted by Crippen LogP contribution is -1.70. The molecule has 0 N–H and O–H groups in total. The Morgan fingerprint density at radius 2 is 2.44 bits per heavy atom. The van der Waals surface area contributed by atoms with E-state index in [9.17, 15) is 0 Å². The highest BCUT2D eigenvalue weighted by Crippen LogP contribution is 1.92. The van der Waals surface area contributed by atoms with Crippen molar-refractivity contribution in [2.75, 3.05) is 0 Å². The molecule has 0 bridgehead atoms. The van der Waals surface area contributed by atoms with Crippen molar-refractivity contribution in [3.05, 3.63) is 0 Å². The number of unbranched alkanes of at least 4 members (excludes halogenated alkanes) is 2. The fourth-order valence-corrected chi connectivity index (χ4v) is 1.35. The van der Waals surface area contributed by atoms with Gasteiger partial charge >= 0.3 is 0 Å². The number of thiol groups is 1. The van der Waals surface area contributed by atoms with Gasteiger partial charge in [-0.1, -0.05) is 18.7 Å². The number of rotatable bonds is 4. The highest BCUT2D eigenvalue weighted by atomic mass is 127. The van der Waals surface area contributed by atoms with Gasteiger partial charge < -0.3 is 0 Å². The van der Waals surface area contributed by atoms with Gasteiger partial charge in [-0.3, -0.25) is 0 Å². The Bertz CT molecular complexity index is 101. The quantitative estimate of drug-likeness (QED) is 0.198. The summed E-state index contributed by atoms with van der Waals surface area (Å²) in [6.45, 7) is 2.21. The fraction of sp³-hybridized carbons (Fsp3) is 0.667. The van der Waals surface area contributed by atoms with E-state index in [0.717, 1.165) is 0 Å². The molecule has 1 nitrogen and oxygen atoms in total. The van der Waals surface area contributed by atoms with Gasteiger partial charge in [0.25, 0.3) is 0 Å². The van der Waals surface area contributed by atoms with Crippen LogP contribution in [0.2, 0.25) is 0 Å². The maximum Gasteiger partial charge on any atom is 0.0836 e. The smallest absolute Gasteiger partial charge is 0.0836 e. The zero-order chi connectivity index (χ0) is 6.95. The van der Waals surface area contributed by atoms with Crippen LogP contribution in [-0.2, 0) is 0 Å². The van der Waals surface area contributed by atoms with Crippen LogP contribution in [0, 0.1) is 0 Å². The molecule has 0 aliphatic heterocycles. The predicted molar refractivity (Wildman–Crippen MR) is 57.1 cm³/mol. The van der Waals surface area contributed by atoms with Crippen LogP contribution in [0.25, 0.3) is 0 Å². The van der Waals surface area contributed by atoms with Crippen LogP contribution >= 0.6 is 34.2 Å². The van der Waals surface area contributed by atoms with E-state index in [1.54, 1.807) is 0 Å². The van der Waals surface area contributed by atoms with Crippen molar-refractivity contribution >= 4 is 45.1 Å². The lowest BCUT2D eigenvalue weighted by molar-refractivity contribution is 0.847. The maximum absolute atomic E-state index is 3.83. The van der Waals surface area contributed by atoms with Crippen molar-refractivity contribution in [1.29, 1.82) is 0 Å². The summed E-state index contributed by atoms with van der Waals surface area (Å²) in [4.78, 5) is 0. The molecule has 0 spiro atoms. The highest BCUT2D eigenvalue weighted by Gasteiger charge is 1.74. The molecule has 0 aliphatic carbocycles. The molecule has 0 atom stereocenters. The average molecular weight is 257 g/mol. The maximum atomic E-state index is 3.83. The Balaban J connectivity index is 3.04. The van der Waals surface area contributed by atoms with Crippen LogP contribution in [0.5, 0.6) is 0 Å². The first kappa shape index (κ1) is 9.62. The van der Waals surface area contributed by atoms with Gasteiger partial charge in [0, 0.05) is 0 Å². The summed E-state index contributed by atoms with van der Waals surface area (Å²) >= 11 is 3.23. The minimum absolute atomic E-state index is 1.22. The van der Waals surface area contributed by atoms with Crippen molar-refractivity contribution in [3.8, 4) is 0 Å². The molecule has 3 heteroatoms. The summed E-state index contributed by atoms with van der Waals surface area (Å²) in [6, 6.07) is 0. The van der Waals surface area contributed by atoms with Crippen LogP contribution in [0.1, 0.15) is 26.2 Å². The van der Waals surface area contributed by atoms with Gasteiger partial charge in [0.2, 0.25) is 0 Å². The van der Waals surface area contributed by atoms with Crippen molar-refractivity contribution in [1.82, 2.24) is 0 Å². The second kappa shape index (κ2) is 8.62. The van der Waals surface area contributed by atoms with Crippen LogP contribution < -0.4 is 0 Å². The molecule has 0 saturated heterocycles. The summed E-state index contributed by atoms with van der Waals surface area (Å²) in [5, 5.41) is 2.24. The molecule has 0 rings (SSSR count). The minimum atomic E-state index is 1.22. The van der Waals surface area contributed by atoms with Crippen molar-refractivity contribution in [2.24, 2.45) is 3.21 Å². The van der Waals surface area contributed by atoms with Crippen LogP contribution in [-0.4, -0.2) is 10.9 Å². The van der Waals surface area contributed by atoms with E-state index < -0.39 is 0 Å². The van der Waals surface area contributed by atoms with Gasteiger partial charge in [0.1, 0.15) is 0 Å². The third-order valence-corrected chi connectivity index (χ3v) is 2.34. The standard InChI is InChI=1S/C6H12INS/c1-2-3-4-5-9-6-8-7/h5-6,9H,2-4H2,1H3/b8-6+. The van der Waals surface area contributed by atoms with E-state index >= 15 is 0 Å². The Kier molecular flexibility index (Phi) is 9.21. The number of hydrogen-bond acceptors (Lipinski definition) is 1. The number of nitrogens with zero attached hydrogens (tertiary/aromatic N) is 1.